The van der Waals surface area contributed by atoms with Crippen LogP contribution in [-0.2, 0) is 17.8 Å². The molecule has 0 aliphatic carbocycles. The summed E-state index contributed by atoms with van der Waals surface area (Å²) < 4.78 is 0. The number of hydrogen-bond acceptors (Lipinski definition) is 3. The average Bonchev–Trinajstić information content (AvgIpc) is 2.59. The third-order valence-electron chi connectivity index (χ3n) is 3.51. The van der Waals surface area contributed by atoms with E-state index in [1.807, 2.05) is 36.6 Å². The van der Waals surface area contributed by atoms with Gasteiger partial charge in [-0.15, -0.1) is 0 Å². The van der Waals surface area contributed by atoms with Gasteiger partial charge in [-0.05, 0) is 35.9 Å². The highest BCUT2D eigenvalue weighted by molar-refractivity contribution is 7.99. The number of amides is 1. The standard InChI is InChI=1S/C18H19NO3S/c1-23-16(11-13-7-9-15(10-8-13)18(21)22)17(20)19-12-14-5-3-2-4-6-14/h2-10,16H,11-12H2,1H3,(H,19,20)(H,21,22). The number of hydrogen-bond donors (Lipinski definition) is 2. The fourth-order valence-corrected chi connectivity index (χ4v) is 2.84. The van der Waals surface area contributed by atoms with Crippen LogP contribution in [0.2, 0.25) is 0 Å². The fourth-order valence-electron chi connectivity index (χ4n) is 2.18. The number of aromatic carboxylic acids is 1. The highest BCUT2D eigenvalue weighted by atomic mass is 32.2. The van der Waals surface area contributed by atoms with Crippen LogP contribution in [0.15, 0.2) is 54.6 Å². The number of benzene rings is 2. The minimum absolute atomic E-state index is 0.0105. The second-order valence-corrected chi connectivity index (χ2v) is 6.17. The monoisotopic (exact) mass is 329 g/mol. The molecule has 120 valence electrons. The van der Waals surface area contributed by atoms with Crippen molar-refractivity contribution in [2.45, 2.75) is 18.2 Å². The van der Waals surface area contributed by atoms with Gasteiger partial charge in [0.05, 0.1) is 10.8 Å². The highest BCUT2D eigenvalue weighted by Gasteiger charge is 2.17. The number of carbonyl (C=O) groups is 2. The Morgan fingerprint density at radius 3 is 2.26 bits per heavy atom. The first-order chi connectivity index (χ1) is 11.1. The van der Waals surface area contributed by atoms with Crippen molar-refractivity contribution in [1.29, 1.82) is 0 Å². The second-order valence-electron chi connectivity index (χ2n) is 5.13. The number of thioether (sulfide) groups is 1. The van der Waals surface area contributed by atoms with Crippen LogP contribution in [0.4, 0.5) is 0 Å². The minimum atomic E-state index is -0.946. The smallest absolute Gasteiger partial charge is 0.335 e. The third-order valence-corrected chi connectivity index (χ3v) is 4.46. The molecule has 0 radical (unpaired) electrons. The van der Waals surface area contributed by atoms with E-state index in [4.69, 9.17) is 5.11 Å². The Bertz CT molecular complexity index is 656. The van der Waals surface area contributed by atoms with Gasteiger partial charge >= 0.3 is 5.97 Å². The summed E-state index contributed by atoms with van der Waals surface area (Å²) in [5.74, 6) is -0.956. The summed E-state index contributed by atoms with van der Waals surface area (Å²) in [7, 11) is 0. The summed E-state index contributed by atoms with van der Waals surface area (Å²) in [5.41, 5.74) is 2.26. The van der Waals surface area contributed by atoms with E-state index in [-0.39, 0.29) is 16.7 Å². The topological polar surface area (TPSA) is 66.4 Å². The number of carboxylic acid groups (broad SMARTS) is 1. The van der Waals surface area contributed by atoms with Gasteiger partial charge in [-0.3, -0.25) is 4.79 Å². The molecule has 0 saturated heterocycles. The average molecular weight is 329 g/mol. The summed E-state index contributed by atoms with van der Waals surface area (Å²) in [6.45, 7) is 0.509. The summed E-state index contributed by atoms with van der Waals surface area (Å²) >= 11 is 1.49. The zero-order valence-corrected chi connectivity index (χ0v) is 13.7. The Balaban J connectivity index is 1.93. The molecule has 1 amide bonds. The van der Waals surface area contributed by atoms with E-state index in [2.05, 4.69) is 5.32 Å². The summed E-state index contributed by atoms with van der Waals surface area (Å²) in [5, 5.41) is 11.6. The van der Waals surface area contributed by atoms with Crippen LogP contribution in [0, 0.1) is 0 Å². The van der Waals surface area contributed by atoms with Gasteiger partial charge in [0.2, 0.25) is 5.91 Å². The normalized spacial score (nSPS) is 11.7. The van der Waals surface area contributed by atoms with Crippen LogP contribution in [-0.4, -0.2) is 28.5 Å². The fraction of sp³-hybridized carbons (Fsp3) is 0.222. The summed E-state index contributed by atoms with van der Waals surface area (Å²) in [6.07, 6.45) is 2.47. The molecule has 0 heterocycles. The molecule has 0 aliphatic rings. The molecule has 2 aromatic carbocycles. The molecule has 0 saturated carbocycles. The first-order valence-corrected chi connectivity index (χ1v) is 8.55. The molecule has 0 spiro atoms. The van der Waals surface area contributed by atoms with Gasteiger partial charge in [-0.2, -0.15) is 11.8 Å². The van der Waals surface area contributed by atoms with E-state index in [0.717, 1.165) is 11.1 Å². The van der Waals surface area contributed by atoms with E-state index in [9.17, 15) is 9.59 Å². The summed E-state index contributed by atoms with van der Waals surface area (Å²) in [6, 6.07) is 16.4. The van der Waals surface area contributed by atoms with Crippen molar-refractivity contribution in [3.8, 4) is 0 Å². The molecular formula is C18H19NO3S. The Kier molecular flexibility index (Phi) is 6.23. The lowest BCUT2D eigenvalue weighted by molar-refractivity contribution is -0.120. The molecule has 0 fully saturated rings. The lowest BCUT2D eigenvalue weighted by Gasteiger charge is -2.15. The van der Waals surface area contributed by atoms with Crippen molar-refractivity contribution in [3.05, 3.63) is 71.3 Å². The molecule has 0 aromatic heterocycles. The van der Waals surface area contributed by atoms with Crippen LogP contribution in [0.3, 0.4) is 0 Å². The van der Waals surface area contributed by atoms with E-state index in [1.54, 1.807) is 24.3 Å². The van der Waals surface area contributed by atoms with Crippen molar-refractivity contribution in [2.24, 2.45) is 0 Å². The quantitative estimate of drug-likeness (QED) is 0.819. The maximum Gasteiger partial charge on any atom is 0.335 e. The van der Waals surface area contributed by atoms with E-state index >= 15 is 0 Å². The predicted octanol–water partition coefficient (Wildman–Crippen LogP) is 2.98. The summed E-state index contributed by atoms with van der Waals surface area (Å²) in [4.78, 5) is 23.2. The molecule has 2 N–H and O–H groups in total. The maximum absolute atomic E-state index is 12.3. The zero-order valence-electron chi connectivity index (χ0n) is 12.9. The molecular weight excluding hydrogens is 310 g/mol. The van der Waals surface area contributed by atoms with Crippen LogP contribution in [0.5, 0.6) is 0 Å². The predicted molar refractivity (Wildman–Crippen MR) is 92.7 cm³/mol. The molecule has 1 unspecified atom stereocenters. The third kappa shape index (κ3) is 5.14. The van der Waals surface area contributed by atoms with Crippen LogP contribution in [0.1, 0.15) is 21.5 Å². The number of carboxylic acids is 1. The molecule has 2 rings (SSSR count). The van der Waals surface area contributed by atoms with E-state index in [0.29, 0.717) is 13.0 Å². The van der Waals surface area contributed by atoms with Crippen molar-refractivity contribution < 1.29 is 14.7 Å². The Labute approximate surface area is 139 Å². The number of nitrogens with one attached hydrogen (secondary N) is 1. The first-order valence-electron chi connectivity index (χ1n) is 7.27. The van der Waals surface area contributed by atoms with Crippen LogP contribution < -0.4 is 5.32 Å². The van der Waals surface area contributed by atoms with Gasteiger partial charge in [0, 0.05) is 6.54 Å². The molecule has 0 aliphatic heterocycles. The molecule has 0 bridgehead atoms. The van der Waals surface area contributed by atoms with Gasteiger partial charge in [0.1, 0.15) is 0 Å². The Morgan fingerprint density at radius 1 is 1.04 bits per heavy atom. The van der Waals surface area contributed by atoms with Crippen molar-refractivity contribution in [3.63, 3.8) is 0 Å². The second kappa shape index (κ2) is 8.39. The van der Waals surface area contributed by atoms with Crippen LogP contribution >= 0.6 is 11.8 Å². The largest absolute Gasteiger partial charge is 0.478 e. The van der Waals surface area contributed by atoms with Crippen LogP contribution in [0.25, 0.3) is 0 Å². The molecule has 1 atom stereocenters. The maximum atomic E-state index is 12.3. The molecule has 2 aromatic rings. The Morgan fingerprint density at radius 2 is 1.70 bits per heavy atom. The first kappa shape index (κ1) is 17.1. The Hall–Kier alpha value is -2.27. The SMILES string of the molecule is CSC(Cc1ccc(C(=O)O)cc1)C(=O)NCc1ccccc1. The highest BCUT2D eigenvalue weighted by Crippen LogP contribution is 2.15. The molecule has 4 nitrogen and oxygen atoms in total. The van der Waals surface area contributed by atoms with Crippen molar-refractivity contribution >= 4 is 23.6 Å². The minimum Gasteiger partial charge on any atom is -0.478 e. The molecule has 23 heavy (non-hydrogen) atoms. The number of rotatable bonds is 7. The van der Waals surface area contributed by atoms with Gasteiger partial charge in [-0.1, -0.05) is 42.5 Å². The van der Waals surface area contributed by atoms with Gasteiger partial charge < -0.3 is 10.4 Å². The lowest BCUT2D eigenvalue weighted by Crippen LogP contribution is -2.33. The van der Waals surface area contributed by atoms with Gasteiger partial charge in [0.25, 0.3) is 0 Å². The number of carbonyl (C=O) groups excluding carboxylic acids is 1. The van der Waals surface area contributed by atoms with Crippen molar-refractivity contribution in [1.82, 2.24) is 5.32 Å². The van der Waals surface area contributed by atoms with Gasteiger partial charge in [0.15, 0.2) is 0 Å². The van der Waals surface area contributed by atoms with E-state index in [1.165, 1.54) is 11.8 Å². The lowest BCUT2D eigenvalue weighted by atomic mass is 10.1. The zero-order chi connectivity index (χ0) is 16.7. The van der Waals surface area contributed by atoms with Gasteiger partial charge in [-0.25, -0.2) is 4.79 Å². The molecule has 5 heteroatoms. The van der Waals surface area contributed by atoms with E-state index < -0.39 is 5.97 Å². The van der Waals surface area contributed by atoms with Crippen molar-refractivity contribution in [2.75, 3.05) is 6.26 Å².